The molecule has 76 valence electrons. The highest BCUT2D eigenvalue weighted by Gasteiger charge is 2.16. The SMILES string of the molecule is COCCc1cccc(Br)c1[N+](=O)[O-]. The monoisotopic (exact) mass is 259 g/mol. The Balaban J connectivity index is 3.02. The minimum Gasteiger partial charge on any atom is -0.384 e. The number of nitro benzene ring substituents is 1. The van der Waals surface area contributed by atoms with Gasteiger partial charge in [-0.2, -0.15) is 0 Å². The summed E-state index contributed by atoms with van der Waals surface area (Å²) in [4.78, 5) is 10.4. The van der Waals surface area contributed by atoms with Crippen LogP contribution in [0.5, 0.6) is 0 Å². The molecule has 0 atom stereocenters. The minimum atomic E-state index is -0.380. The standard InChI is InChI=1S/C9H10BrNO3/c1-14-6-5-7-3-2-4-8(10)9(7)11(12)13/h2-4H,5-6H2,1H3. The van der Waals surface area contributed by atoms with Gasteiger partial charge in [-0.05, 0) is 22.0 Å². The van der Waals surface area contributed by atoms with Gasteiger partial charge in [0, 0.05) is 19.1 Å². The summed E-state index contributed by atoms with van der Waals surface area (Å²) in [5, 5.41) is 10.7. The maximum absolute atomic E-state index is 10.7. The number of hydrogen-bond acceptors (Lipinski definition) is 3. The highest BCUT2D eigenvalue weighted by atomic mass is 79.9. The Kier molecular flexibility index (Phi) is 4.03. The predicted molar refractivity (Wildman–Crippen MR) is 56.4 cm³/mol. The zero-order valence-electron chi connectivity index (χ0n) is 7.70. The second kappa shape index (κ2) is 5.07. The highest BCUT2D eigenvalue weighted by Crippen LogP contribution is 2.28. The largest absolute Gasteiger partial charge is 0.384 e. The molecule has 4 nitrogen and oxygen atoms in total. The molecule has 0 N–H and O–H groups in total. The van der Waals surface area contributed by atoms with Gasteiger partial charge in [-0.15, -0.1) is 0 Å². The number of hydrogen-bond donors (Lipinski definition) is 0. The van der Waals surface area contributed by atoms with Crippen molar-refractivity contribution in [3.63, 3.8) is 0 Å². The summed E-state index contributed by atoms with van der Waals surface area (Å²) in [6.07, 6.45) is 0.548. The number of ether oxygens (including phenoxy) is 1. The smallest absolute Gasteiger partial charge is 0.286 e. The van der Waals surface area contributed by atoms with Gasteiger partial charge in [0.2, 0.25) is 0 Å². The minimum absolute atomic E-state index is 0.129. The van der Waals surface area contributed by atoms with Gasteiger partial charge in [0.25, 0.3) is 5.69 Å². The molecule has 0 spiro atoms. The highest BCUT2D eigenvalue weighted by molar-refractivity contribution is 9.10. The number of benzene rings is 1. The van der Waals surface area contributed by atoms with Crippen LogP contribution in [0, 0.1) is 10.1 Å². The van der Waals surface area contributed by atoms with Gasteiger partial charge in [0.1, 0.15) is 0 Å². The van der Waals surface area contributed by atoms with Crippen molar-refractivity contribution < 1.29 is 9.66 Å². The van der Waals surface area contributed by atoms with Crippen LogP contribution in [0.15, 0.2) is 22.7 Å². The van der Waals surface area contributed by atoms with Crippen LogP contribution in [-0.2, 0) is 11.2 Å². The molecule has 14 heavy (non-hydrogen) atoms. The van der Waals surface area contributed by atoms with Crippen molar-refractivity contribution in [1.29, 1.82) is 0 Å². The Morgan fingerprint density at radius 1 is 1.57 bits per heavy atom. The maximum atomic E-state index is 10.7. The van der Waals surface area contributed by atoms with Crippen molar-refractivity contribution >= 4 is 21.6 Å². The second-order valence-corrected chi connectivity index (χ2v) is 3.60. The maximum Gasteiger partial charge on any atom is 0.286 e. The van der Waals surface area contributed by atoms with E-state index < -0.39 is 0 Å². The van der Waals surface area contributed by atoms with Gasteiger partial charge in [-0.3, -0.25) is 10.1 Å². The third-order valence-electron chi connectivity index (χ3n) is 1.83. The number of methoxy groups -OCH3 is 1. The third kappa shape index (κ3) is 2.52. The molecule has 0 fully saturated rings. The molecule has 1 aromatic carbocycles. The number of nitro groups is 1. The molecule has 0 bridgehead atoms. The van der Waals surface area contributed by atoms with Crippen LogP contribution < -0.4 is 0 Å². The number of para-hydroxylation sites is 1. The van der Waals surface area contributed by atoms with Gasteiger partial charge >= 0.3 is 0 Å². The molecule has 0 unspecified atom stereocenters. The molecule has 1 rings (SSSR count). The fraction of sp³-hybridized carbons (Fsp3) is 0.333. The number of rotatable bonds is 4. The summed E-state index contributed by atoms with van der Waals surface area (Å²) in [6, 6.07) is 5.18. The van der Waals surface area contributed by atoms with E-state index in [1.807, 2.05) is 0 Å². The molecule has 1 aromatic rings. The van der Waals surface area contributed by atoms with E-state index in [1.54, 1.807) is 25.3 Å². The first-order chi connectivity index (χ1) is 6.66. The molecule has 0 heterocycles. The summed E-state index contributed by atoms with van der Waals surface area (Å²) in [6.45, 7) is 0.483. The van der Waals surface area contributed by atoms with Gasteiger partial charge < -0.3 is 4.74 Å². The van der Waals surface area contributed by atoms with Gasteiger partial charge in [0.05, 0.1) is 16.0 Å². The molecular weight excluding hydrogens is 250 g/mol. The summed E-state index contributed by atoms with van der Waals surface area (Å²) >= 11 is 3.16. The molecule has 0 saturated carbocycles. The summed E-state index contributed by atoms with van der Waals surface area (Å²) < 4.78 is 5.39. The Bertz CT molecular complexity index is 341. The molecule has 0 aromatic heterocycles. The molecule has 0 aliphatic rings. The van der Waals surface area contributed by atoms with Crippen molar-refractivity contribution in [3.05, 3.63) is 38.3 Å². The van der Waals surface area contributed by atoms with Crippen LogP contribution in [0.3, 0.4) is 0 Å². The molecule has 5 heteroatoms. The van der Waals surface area contributed by atoms with Crippen molar-refractivity contribution in [2.45, 2.75) is 6.42 Å². The molecule has 0 radical (unpaired) electrons. The van der Waals surface area contributed by atoms with E-state index in [0.29, 0.717) is 23.1 Å². The van der Waals surface area contributed by atoms with E-state index in [9.17, 15) is 10.1 Å². The fourth-order valence-electron chi connectivity index (χ4n) is 1.18. The Labute approximate surface area is 90.2 Å². The average molecular weight is 260 g/mol. The summed E-state index contributed by atoms with van der Waals surface area (Å²) in [7, 11) is 1.57. The first-order valence-electron chi connectivity index (χ1n) is 4.07. The lowest BCUT2D eigenvalue weighted by atomic mass is 10.1. The zero-order chi connectivity index (χ0) is 10.6. The van der Waals surface area contributed by atoms with Gasteiger partial charge in [0.15, 0.2) is 0 Å². The van der Waals surface area contributed by atoms with Crippen LogP contribution in [0.1, 0.15) is 5.56 Å². The van der Waals surface area contributed by atoms with E-state index in [2.05, 4.69) is 15.9 Å². The summed E-state index contributed by atoms with van der Waals surface area (Å²) in [5.74, 6) is 0. The van der Waals surface area contributed by atoms with E-state index in [-0.39, 0.29) is 10.6 Å². The zero-order valence-corrected chi connectivity index (χ0v) is 9.28. The lowest BCUT2D eigenvalue weighted by Crippen LogP contribution is -2.00. The van der Waals surface area contributed by atoms with Crippen LogP contribution in [-0.4, -0.2) is 18.6 Å². The van der Waals surface area contributed by atoms with Gasteiger partial charge in [-0.25, -0.2) is 0 Å². The topological polar surface area (TPSA) is 52.4 Å². The molecule has 0 saturated heterocycles. The van der Waals surface area contributed by atoms with Crippen LogP contribution >= 0.6 is 15.9 Å². The first kappa shape index (κ1) is 11.1. The van der Waals surface area contributed by atoms with Gasteiger partial charge in [-0.1, -0.05) is 12.1 Å². The van der Waals surface area contributed by atoms with E-state index >= 15 is 0 Å². The van der Waals surface area contributed by atoms with E-state index in [0.717, 1.165) is 0 Å². The summed E-state index contributed by atoms with van der Waals surface area (Å²) in [5.41, 5.74) is 0.816. The average Bonchev–Trinajstić information content (AvgIpc) is 2.14. The molecule has 0 aliphatic carbocycles. The number of nitrogens with zero attached hydrogens (tertiary/aromatic N) is 1. The van der Waals surface area contributed by atoms with Crippen LogP contribution in [0.4, 0.5) is 5.69 Å². The molecule has 0 amide bonds. The van der Waals surface area contributed by atoms with Crippen LogP contribution in [0.25, 0.3) is 0 Å². The second-order valence-electron chi connectivity index (χ2n) is 2.75. The van der Waals surface area contributed by atoms with E-state index in [1.165, 1.54) is 0 Å². The van der Waals surface area contributed by atoms with Crippen molar-refractivity contribution in [2.75, 3.05) is 13.7 Å². The Hall–Kier alpha value is -0.940. The fourth-order valence-corrected chi connectivity index (χ4v) is 1.73. The van der Waals surface area contributed by atoms with Crippen LogP contribution in [0.2, 0.25) is 0 Å². The lowest BCUT2D eigenvalue weighted by Gasteiger charge is -2.03. The van der Waals surface area contributed by atoms with E-state index in [4.69, 9.17) is 4.74 Å². The Morgan fingerprint density at radius 2 is 2.29 bits per heavy atom. The van der Waals surface area contributed by atoms with Crippen molar-refractivity contribution in [2.24, 2.45) is 0 Å². The number of halogens is 1. The third-order valence-corrected chi connectivity index (χ3v) is 2.47. The van der Waals surface area contributed by atoms with Crippen molar-refractivity contribution in [3.8, 4) is 0 Å². The lowest BCUT2D eigenvalue weighted by molar-refractivity contribution is -0.386. The first-order valence-corrected chi connectivity index (χ1v) is 4.87. The Morgan fingerprint density at radius 3 is 2.86 bits per heavy atom. The molecular formula is C9H10BrNO3. The normalized spacial score (nSPS) is 10.1. The predicted octanol–water partition coefficient (Wildman–Crippen LogP) is 2.55. The van der Waals surface area contributed by atoms with Crippen molar-refractivity contribution in [1.82, 2.24) is 0 Å². The quantitative estimate of drug-likeness (QED) is 0.617. The molecule has 0 aliphatic heterocycles.